The Morgan fingerprint density at radius 2 is 1.72 bits per heavy atom. The van der Waals surface area contributed by atoms with Gasteiger partial charge in [-0.3, -0.25) is 0 Å². The number of para-hydroxylation sites is 1. The Morgan fingerprint density at radius 3 is 2.45 bits per heavy atom. The van der Waals surface area contributed by atoms with Crippen LogP contribution in [0.25, 0.3) is 6.08 Å². The van der Waals surface area contributed by atoms with Gasteiger partial charge in [-0.15, -0.1) is 0 Å². The first-order valence-corrected chi connectivity index (χ1v) is 8.66. The molecule has 7 nitrogen and oxygen atoms in total. The maximum absolute atomic E-state index is 12.2. The van der Waals surface area contributed by atoms with Crippen LogP contribution in [0.3, 0.4) is 0 Å². The molecular formula is C22H15NO6. The van der Waals surface area contributed by atoms with E-state index in [9.17, 15) is 9.59 Å². The standard InChI is InChI=1S/C22H15NO6/c1-26-22(25)19-15(11-12-27-19)13-18-21(24)29-20(23-18)14-7-9-17(10-8-14)28-16-5-3-2-4-6-16/h2-13H,1H3/b18-13-. The van der Waals surface area contributed by atoms with Crippen LogP contribution in [0.5, 0.6) is 11.5 Å². The smallest absolute Gasteiger partial charge is 0.374 e. The topological polar surface area (TPSA) is 87.3 Å². The van der Waals surface area contributed by atoms with Gasteiger partial charge in [-0.1, -0.05) is 18.2 Å². The van der Waals surface area contributed by atoms with Gasteiger partial charge in [-0.05, 0) is 48.5 Å². The summed E-state index contributed by atoms with van der Waals surface area (Å²) >= 11 is 0. The van der Waals surface area contributed by atoms with Gasteiger partial charge < -0.3 is 18.6 Å². The Bertz CT molecular complexity index is 1110. The lowest BCUT2D eigenvalue weighted by Crippen LogP contribution is -2.05. The molecule has 0 unspecified atom stereocenters. The average Bonchev–Trinajstić information content (AvgIpc) is 3.36. The summed E-state index contributed by atoms with van der Waals surface area (Å²) in [5.74, 6) is 0.237. The molecule has 0 spiro atoms. The van der Waals surface area contributed by atoms with Gasteiger partial charge in [0.2, 0.25) is 11.7 Å². The van der Waals surface area contributed by atoms with E-state index in [-0.39, 0.29) is 17.4 Å². The van der Waals surface area contributed by atoms with E-state index in [1.165, 1.54) is 25.5 Å². The van der Waals surface area contributed by atoms with E-state index in [2.05, 4.69) is 9.73 Å². The molecule has 0 aliphatic carbocycles. The second kappa shape index (κ2) is 7.85. The van der Waals surface area contributed by atoms with Crippen molar-refractivity contribution in [3.8, 4) is 11.5 Å². The number of methoxy groups -OCH3 is 1. The third-order valence-electron chi connectivity index (χ3n) is 4.06. The van der Waals surface area contributed by atoms with Crippen molar-refractivity contribution >= 4 is 23.9 Å². The number of hydrogen-bond acceptors (Lipinski definition) is 7. The Morgan fingerprint density at radius 1 is 1.00 bits per heavy atom. The summed E-state index contributed by atoms with van der Waals surface area (Å²) in [4.78, 5) is 28.1. The SMILES string of the molecule is COC(=O)c1occc1/C=C1\N=C(c2ccc(Oc3ccccc3)cc2)OC1=O. The first kappa shape index (κ1) is 18.2. The van der Waals surface area contributed by atoms with Crippen LogP contribution in [-0.2, 0) is 14.3 Å². The van der Waals surface area contributed by atoms with E-state index in [1.807, 2.05) is 30.3 Å². The fourth-order valence-electron chi connectivity index (χ4n) is 2.66. The molecule has 144 valence electrons. The van der Waals surface area contributed by atoms with Crippen molar-refractivity contribution in [2.75, 3.05) is 7.11 Å². The molecule has 0 N–H and O–H groups in total. The van der Waals surface area contributed by atoms with Crippen LogP contribution in [-0.4, -0.2) is 24.9 Å². The molecule has 2 aromatic carbocycles. The van der Waals surface area contributed by atoms with Gasteiger partial charge in [-0.2, -0.15) is 0 Å². The fraction of sp³-hybridized carbons (Fsp3) is 0.0455. The monoisotopic (exact) mass is 389 g/mol. The van der Waals surface area contributed by atoms with E-state index in [0.29, 0.717) is 16.9 Å². The predicted molar refractivity (Wildman–Crippen MR) is 104 cm³/mol. The normalized spacial score (nSPS) is 14.4. The third-order valence-corrected chi connectivity index (χ3v) is 4.06. The molecule has 0 radical (unpaired) electrons. The van der Waals surface area contributed by atoms with Gasteiger partial charge in [0, 0.05) is 11.1 Å². The number of nitrogens with zero attached hydrogens (tertiary/aromatic N) is 1. The summed E-state index contributed by atoms with van der Waals surface area (Å²) in [6.07, 6.45) is 2.74. The lowest BCUT2D eigenvalue weighted by atomic mass is 10.2. The van der Waals surface area contributed by atoms with Gasteiger partial charge >= 0.3 is 11.9 Å². The number of ether oxygens (including phenoxy) is 3. The molecular weight excluding hydrogens is 374 g/mol. The highest BCUT2D eigenvalue weighted by atomic mass is 16.6. The van der Waals surface area contributed by atoms with Gasteiger partial charge in [0.25, 0.3) is 0 Å². The number of hydrogen-bond donors (Lipinski definition) is 0. The number of furan rings is 1. The average molecular weight is 389 g/mol. The van der Waals surface area contributed by atoms with Crippen molar-refractivity contribution in [3.63, 3.8) is 0 Å². The fourth-order valence-corrected chi connectivity index (χ4v) is 2.66. The third kappa shape index (κ3) is 3.93. The molecule has 0 saturated carbocycles. The molecule has 29 heavy (non-hydrogen) atoms. The number of carbonyl (C=O) groups is 2. The van der Waals surface area contributed by atoms with Crippen LogP contribution in [0.15, 0.2) is 82.0 Å². The molecule has 0 amide bonds. The van der Waals surface area contributed by atoms with Gasteiger partial charge in [0.05, 0.1) is 13.4 Å². The minimum atomic E-state index is -0.647. The summed E-state index contributed by atoms with van der Waals surface area (Å²) in [5, 5.41) is 0. The first-order valence-electron chi connectivity index (χ1n) is 8.66. The number of esters is 2. The van der Waals surface area contributed by atoms with E-state index >= 15 is 0 Å². The molecule has 2 heterocycles. The molecule has 0 atom stereocenters. The summed E-state index contributed by atoms with van der Waals surface area (Å²) in [6.45, 7) is 0. The van der Waals surface area contributed by atoms with Gasteiger partial charge in [0.1, 0.15) is 11.5 Å². The van der Waals surface area contributed by atoms with Crippen LogP contribution in [0, 0.1) is 0 Å². The zero-order chi connectivity index (χ0) is 20.2. The molecule has 3 aromatic rings. The highest BCUT2D eigenvalue weighted by molar-refractivity contribution is 6.13. The minimum Gasteiger partial charge on any atom is -0.463 e. The number of aliphatic imine (C=N–C) groups is 1. The highest BCUT2D eigenvalue weighted by Gasteiger charge is 2.25. The van der Waals surface area contributed by atoms with Crippen LogP contribution in [0.1, 0.15) is 21.7 Å². The molecule has 7 heteroatoms. The lowest BCUT2D eigenvalue weighted by Gasteiger charge is -2.06. The number of cyclic esters (lactones) is 1. The van der Waals surface area contributed by atoms with E-state index in [4.69, 9.17) is 13.9 Å². The van der Waals surface area contributed by atoms with Crippen molar-refractivity contribution < 1.29 is 28.2 Å². The van der Waals surface area contributed by atoms with Crippen molar-refractivity contribution in [1.29, 1.82) is 0 Å². The highest BCUT2D eigenvalue weighted by Crippen LogP contribution is 2.25. The van der Waals surface area contributed by atoms with Gasteiger partial charge in [0.15, 0.2) is 5.70 Å². The molecule has 0 fully saturated rings. The van der Waals surface area contributed by atoms with Crippen LogP contribution in [0.4, 0.5) is 0 Å². The van der Waals surface area contributed by atoms with Crippen molar-refractivity contribution in [3.05, 3.63) is 89.5 Å². The Kier molecular flexibility index (Phi) is 4.94. The van der Waals surface area contributed by atoms with E-state index in [0.717, 1.165) is 5.75 Å². The predicted octanol–water partition coefficient (Wildman–Crippen LogP) is 4.20. The largest absolute Gasteiger partial charge is 0.463 e. The summed E-state index contributed by atoms with van der Waals surface area (Å²) < 4.78 is 20.7. The Hall–Kier alpha value is -4.13. The van der Waals surface area contributed by atoms with Gasteiger partial charge in [-0.25, -0.2) is 14.6 Å². The first-order chi connectivity index (χ1) is 14.1. The maximum Gasteiger partial charge on any atom is 0.374 e. The number of carbonyl (C=O) groups excluding carboxylic acids is 2. The van der Waals surface area contributed by atoms with Crippen LogP contribution < -0.4 is 4.74 Å². The zero-order valence-electron chi connectivity index (χ0n) is 15.3. The summed E-state index contributed by atoms with van der Waals surface area (Å²) in [6, 6.07) is 17.9. The quantitative estimate of drug-likeness (QED) is 0.480. The van der Waals surface area contributed by atoms with Crippen molar-refractivity contribution in [1.82, 2.24) is 0 Å². The molecule has 0 bridgehead atoms. The van der Waals surface area contributed by atoms with Crippen molar-refractivity contribution in [2.24, 2.45) is 4.99 Å². The van der Waals surface area contributed by atoms with Crippen LogP contribution >= 0.6 is 0 Å². The number of benzene rings is 2. The summed E-state index contributed by atoms with van der Waals surface area (Å²) in [7, 11) is 1.24. The zero-order valence-corrected chi connectivity index (χ0v) is 15.3. The Balaban J connectivity index is 1.55. The Labute approximate surface area is 165 Å². The molecule has 4 rings (SSSR count). The van der Waals surface area contributed by atoms with E-state index in [1.54, 1.807) is 24.3 Å². The van der Waals surface area contributed by atoms with Crippen molar-refractivity contribution in [2.45, 2.75) is 0 Å². The molecule has 1 aliphatic heterocycles. The molecule has 1 aromatic heterocycles. The van der Waals surface area contributed by atoms with Crippen LogP contribution in [0.2, 0.25) is 0 Å². The second-order valence-electron chi connectivity index (χ2n) is 5.97. The molecule has 0 saturated heterocycles. The lowest BCUT2D eigenvalue weighted by molar-refractivity contribution is -0.129. The minimum absolute atomic E-state index is 0.0149. The maximum atomic E-state index is 12.2. The second-order valence-corrected chi connectivity index (χ2v) is 5.97. The summed E-state index contributed by atoms with van der Waals surface area (Å²) in [5.41, 5.74) is 1.04. The van der Waals surface area contributed by atoms with E-state index < -0.39 is 11.9 Å². The number of rotatable bonds is 5. The molecule has 1 aliphatic rings.